The van der Waals surface area contributed by atoms with Crippen LogP contribution in [-0.2, 0) is 4.74 Å². The molecule has 4 heteroatoms. The zero-order chi connectivity index (χ0) is 10.9. The second kappa shape index (κ2) is 7.49. The summed E-state index contributed by atoms with van der Waals surface area (Å²) in [6.45, 7) is 4.63. The summed E-state index contributed by atoms with van der Waals surface area (Å²) in [5.41, 5.74) is 0. The summed E-state index contributed by atoms with van der Waals surface area (Å²) >= 11 is 5.72. The summed E-state index contributed by atoms with van der Waals surface area (Å²) in [7, 11) is 0. The van der Waals surface area contributed by atoms with E-state index in [9.17, 15) is 0 Å². The fourth-order valence-corrected chi connectivity index (χ4v) is 1.23. The molecule has 0 aliphatic carbocycles. The van der Waals surface area contributed by atoms with Gasteiger partial charge in [0.2, 0.25) is 0 Å². The van der Waals surface area contributed by atoms with E-state index in [2.05, 4.69) is 17.2 Å². The van der Waals surface area contributed by atoms with Crippen LogP contribution in [0.1, 0.15) is 19.8 Å². The Morgan fingerprint density at radius 2 is 2.27 bits per heavy atom. The third-order valence-corrected chi connectivity index (χ3v) is 2.07. The molecule has 84 valence electrons. The Labute approximate surface area is 95.8 Å². The maximum absolute atomic E-state index is 5.72. The van der Waals surface area contributed by atoms with Crippen molar-refractivity contribution in [3.05, 3.63) is 23.4 Å². The molecule has 3 nitrogen and oxygen atoms in total. The maximum atomic E-state index is 5.72. The van der Waals surface area contributed by atoms with E-state index in [1.54, 1.807) is 6.20 Å². The molecule has 0 saturated carbocycles. The zero-order valence-electron chi connectivity index (χ0n) is 9.00. The van der Waals surface area contributed by atoms with Gasteiger partial charge >= 0.3 is 0 Å². The predicted molar refractivity (Wildman–Crippen MR) is 63.5 cm³/mol. The number of nitrogens with zero attached hydrogens (tertiary/aromatic N) is 1. The van der Waals surface area contributed by atoms with E-state index in [1.807, 2.05) is 12.1 Å². The molecule has 0 bridgehead atoms. The molecule has 0 spiro atoms. The summed E-state index contributed by atoms with van der Waals surface area (Å²) in [5.74, 6) is 0.856. The largest absolute Gasteiger partial charge is 0.381 e. The van der Waals surface area contributed by atoms with Gasteiger partial charge in [-0.15, -0.1) is 0 Å². The molecular formula is C11H17ClN2O. The predicted octanol–water partition coefficient (Wildman–Crippen LogP) is 2.96. The number of anilines is 1. The van der Waals surface area contributed by atoms with Crippen LogP contribution in [0.3, 0.4) is 0 Å². The fraction of sp³-hybridized carbons (Fsp3) is 0.545. The highest BCUT2D eigenvalue weighted by molar-refractivity contribution is 6.30. The van der Waals surface area contributed by atoms with Crippen molar-refractivity contribution < 1.29 is 4.74 Å². The quantitative estimate of drug-likeness (QED) is 0.729. The van der Waals surface area contributed by atoms with E-state index >= 15 is 0 Å². The van der Waals surface area contributed by atoms with Crippen LogP contribution >= 0.6 is 11.6 Å². The van der Waals surface area contributed by atoms with Crippen LogP contribution in [0.4, 0.5) is 5.82 Å². The minimum Gasteiger partial charge on any atom is -0.381 e. The van der Waals surface area contributed by atoms with Gasteiger partial charge in [-0.1, -0.05) is 18.5 Å². The number of hydrogen-bond acceptors (Lipinski definition) is 3. The van der Waals surface area contributed by atoms with Gasteiger partial charge in [-0.3, -0.25) is 0 Å². The Balaban J connectivity index is 2.07. The van der Waals surface area contributed by atoms with Crippen LogP contribution < -0.4 is 5.32 Å². The minimum absolute atomic E-state index is 0.659. The number of aromatic nitrogens is 1. The molecule has 1 heterocycles. The second-order valence-electron chi connectivity index (χ2n) is 3.25. The molecule has 0 aliphatic heterocycles. The highest BCUT2D eigenvalue weighted by atomic mass is 35.5. The lowest BCUT2D eigenvalue weighted by Crippen LogP contribution is -2.06. The average molecular weight is 229 g/mol. The molecule has 0 radical (unpaired) electrons. The number of pyridine rings is 1. The van der Waals surface area contributed by atoms with Gasteiger partial charge < -0.3 is 10.1 Å². The number of nitrogens with one attached hydrogen (secondary N) is 1. The van der Waals surface area contributed by atoms with E-state index in [-0.39, 0.29) is 0 Å². The summed E-state index contributed by atoms with van der Waals surface area (Å²) in [6.07, 6.45) is 3.70. The third-order valence-electron chi connectivity index (χ3n) is 1.85. The smallest absolute Gasteiger partial charge is 0.125 e. The van der Waals surface area contributed by atoms with Gasteiger partial charge in [0.1, 0.15) is 5.82 Å². The first-order valence-electron chi connectivity index (χ1n) is 5.26. The van der Waals surface area contributed by atoms with Gasteiger partial charge in [-0.2, -0.15) is 0 Å². The Kier molecular flexibility index (Phi) is 6.12. The van der Waals surface area contributed by atoms with E-state index in [4.69, 9.17) is 16.3 Å². The van der Waals surface area contributed by atoms with E-state index < -0.39 is 0 Å². The van der Waals surface area contributed by atoms with Crippen molar-refractivity contribution in [2.45, 2.75) is 19.8 Å². The standard InChI is InChI=1S/C11H17ClN2O/c1-2-7-15-8-3-6-13-11-5-4-10(12)9-14-11/h4-5,9H,2-3,6-8H2,1H3,(H,13,14). The van der Waals surface area contributed by atoms with Gasteiger partial charge in [0, 0.05) is 26.0 Å². The van der Waals surface area contributed by atoms with Crippen LogP contribution in [0.2, 0.25) is 5.02 Å². The van der Waals surface area contributed by atoms with Crippen LogP contribution in [0.25, 0.3) is 0 Å². The van der Waals surface area contributed by atoms with Crippen LogP contribution in [0.5, 0.6) is 0 Å². The third kappa shape index (κ3) is 5.60. The van der Waals surface area contributed by atoms with Crippen molar-refractivity contribution in [1.29, 1.82) is 0 Å². The van der Waals surface area contributed by atoms with Gasteiger partial charge in [0.15, 0.2) is 0 Å². The zero-order valence-corrected chi connectivity index (χ0v) is 9.76. The SMILES string of the molecule is CCCOCCCNc1ccc(Cl)cn1. The number of ether oxygens (including phenoxy) is 1. The molecule has 0 fully saturated rings. The van der Waals surface area contributed by atoms with Crippen molar-refractivity contribution in [1.82, 2.24) is 4.98 Å². The molecule has 1 aromatic heterocycles. The number of halogens is 1. The first-order valence-corrected chi connectivity index (χ1v) is 5.64. The average Bonchev–Trinajstić information content (AvgIpc) is 2.26. The van der Waals surface area contributed by atoms with E-state index in [1.165, 1.54) is 0 Å². The Hall–Kier alpha value is -0.800. The van der Waals surface area contributed by atoms with Crippen molar-refractivity contribution in [3.8, 4) is 0 Å². The second-order valence-corrected chi connectivity index (χ2v) is 3.69. The van der Waals surface area contributed by atoms with Gasteiger partial charge in [0.25, 0.3) is 0 Å². The molecule has 1 rings (SSSR count). The topological polar surface area (TPSA) is 34.1 Å². The van der Waals surface area contributed by atoms with E-state index in [0.29, 0.717) is 5.02 Å². The fourth-order valence-electron chi connectivity index (χ4n) is 1.12. The maximum Gasteiger partial charge on any atom is 0.125 e. The monoisotopic (exact) mass is 228 g/mol. The lowest BCUT2D eigenvalue weighted by molar-refractivity contribution is 0.134. The molecule has 0 saturated heterocycles. The van der Waals surface area contributed by atoms with E-state index in [0.717, 1.165) is 38.4 Å². The Bertz CT molecular complexity index is 264. The molecule has 0 unspecified atom stereocenters. The molecule has 0 aliphatic rings. The summed E-state index contributed by atoms with van der Waals surface area (Å²) in [6, 6.07) is 3.69. The van der Waals surface area contributed by atoms with Crippen molar-refractivity contribution in [3.63, 3.8) is 0 Å². The van der Waals surface area contributed by atoms with Crippen LogP contribution in [-0.4, -0.2) is 24.7 Å². The summed E-state index contributed by atoms with van der Waals surface area (Å²) in [4.78, 5) is 4.13. The Morgan fingerprint density at radius 3 is 2.93 bits per heavy atom. The minimum atomic E-state index is 0.659. The van der Waals surface area contributed by atoms with Crippen LogP contribution in [0, 0.1) is 0 Å². The number of hydrogen-bond donors (Lipinski definition) is 1. The van der Waals surface area contributed by atoms with Gasteiger partial charge in [0.05, 0.1) is 5.02 Å². The summed E-state index contributed by atoms with van der Waals surface area (Å²) in [5, 5.41) is 3.86. The molecule has 1 N–H and O–H groups in total. The first kappa shape index (κ1) is 12.3. The molecule has 1 aromatic rings. The lowest BCUT2D eigenvalue weighted by atomic mass is 10.4. The highest BCUT2D eigenvalue weighted by Crippen LogP contribution is 2.09. The van der Waals surface area contributed by atoms with Crippen molar-refractivity contribution in [2.75, 3.05) is 25.1 Å². The molecule has 0 aromatic carbocycles. The highest BCUT2D eigenvalue weighted by Gasteiger charge is 1.93. The normalized spacial score (nSPS) is 10.3. The summed E-state index contributed by atoms with van der Waals surface area (Å²) < 4.78 is 5.36. The molecular weight excluding hydrogens is 212 g/mol. The van der Waals surface area contributed by atoms with Gasteiger partial charge in [-0.25, -0.2) is 4.98 Å². The molecule has 0 amide bonds. The Morgan fingerprint density at radius 1 is 1.40 bits per heavy atom. The number of rotatable bonds is 7. The van der Waals surface area contributed by atoms with Gasteiger partial charge in [-0.05, 0) is 25.0 Å². The molecule has 0 atom stereocenters. The molecule has 15 heavy (non-hydrogen) atoms. The van der Waals surface area contributed by atoms with Crippen LogP contribution in [0.15, 0.2) is 18.3 Å². The van der Waals surface area contributed by atoms with Crippen molar-refractivity contribution >= 4 is 17.4 Å². The first-order chi connectivity index (χ1) is 7.33. The lowest BCUT2D eigenvalue weighted by Gasteiger charge is -2.05. The van der Waals surface area contributed by atoms with Crippen molar-refractivity contribution in [2.24, 2.45) is 0 Å².